The molecule has 0 atom stereocenters. The Balaban J connectivity index is 1.53. The minimum atomic E-state index is -0.289. The van der Waals surface area contributed by atoms with Crippen LogP contribution in [0.25, 0.3) is 16.7 Å². The number of nitrogens with one attached hydrogen (secondary N) is 2. The first-order valence-electron chi connectivity index (χ1n) is 9.33. The molecule has 4 rings (SSSR count). The summed E-state index contributed by atoms with van der Waals surface area (Å²) in [5.41, 5.74) is 4.45. The van der Waals surface area contributed by atoms with Gasteiger partial charge in [-0.2, -0.15) is 4.80 Å². The van der Waals surface area contributed by atoms with Crippen molar-refractivity contribution in [2.75, 3.05) is 12.4 Å². The molecule has 4 aromatic rings. The van der Waals surface area contributed by atoms with Crippen molar-refractivity contribution in [2.24, 2.45) is 0 Å². The molecule has 0 radical (unpaired) electrons. The number of aryl methyl sites for hydroxylation is 1. The first kappa shape index (κ1) is 21.0. The summed E-state index contributed by atoms with van der Waals surface area (Å²) in [5.74, 6) is 0.476. The van der Waals surface area contributed by atoms with Gasteiger partial charge in [0.2, 0.25) is 0 Å². The molecule has 3 aromatic carbocycles. The van der Waals surface area contributed by atoms with Crippen LogP contribution in [-0.4, -0.2) is 33.1 Å². The highest BCUT2D eigenvalue weighted by Gasteiger charge is 2.12. The standard InChI is InChI=1S/C22H18BrN5O2S/c1-13-10-19-20(27-28(26-19)16-6-8-17(30-2)9-7-16)12-18(13)24-22(31)25-21(29)14-4-3-5-15(23)11-14/h3-12H,1-2H3,(H2,24,25,29,31). The van der Waals surface area contributed by atoms with E-state index in [-0.39, 0.29) is 11.0 Å². The van der Waals surface area contributed by atoms with Crippen molar-refractivity contribution in [1.82, 2.24) is 20.3 Å². The van der Waals surface area contributed by atoms with E-state index in [1.165, 1.54) is 0 Å². The quantitative estimate of drug-likeness (QED) is 0.401. The molecule has 1 amide bonds. The number of nitrogens with zero attached hydrogens (tertiary/aromatic N) is 3. The van der Waals surface area contributed by atoms with Crippen LogP contribution in [0, 0.1) is 6.92 Å². The molecule has 1 aromatic heterocycles. The average molecular weight is 496 g/mol. The van der Waals surface area contributed by atoms with Crippen molar-refractivity contribution < 1.29 is 9.53 Å². The molecule has 0 bridgehead atoms. The lowest BCUT2D eigenvalue weighted by molar-refractivity contribution is 0.0977. The van der Waals surface area contributed by atoms with Crippen LogP contribution in [0.15, 0.2) is 65.1 Å². The predicted octanol–water partition coefficient (Wildman–Crippen LogP) is 4.63. The van der Waals surface area contributed by atoms with Gasteiger partial charge in [0.15, 0.2) is 5.11 Å². The summed E-state index contributed by atoms with van der Waals surface area (Å²) in [7, 11) is 1.62. The van der Waals surface area contributed by atoms with Crippen molar-refractivity contribution in [3.8, 4) is 11.4 Å². The summed E-state index contributed by atoms with van der Waals surface area (Å²) in [4.78, 5) is 14.0. The van der Waals surface area contributed by atoms with Gasteiger partial charge in [-0.1, -0.05) is 22.0 Å². The Morgan fingerprint density at radius 3 is 2.45 bits per heavy atom. The normalized spacial score (nSPS) is 10.7. The second-order valence-electron chi connectivity index (χ2n) is 6.76. The molecule has 1 heterocycles. The SMILES string of the molecule is COc1ccc(-n2nc3cc(C)c(NC(=S)NC(=O)c4cccc(Br)c4)cc3n2)cc1. The van der Waals surface area contributed by atoms with E-state index in [4.69, 9.17) is 17.0 Å². The number of thiocarbonyl (C=S) groups is 1. The van der Waals surface area contributed by atoms with E-state index in [0.29, 0.717) is 11.1 Å². The van der Waals surface area contributed by atoms with Crippen molar-refractivity contribution in [1.29, 1.82) is 0 Å². The van der Waals surface area contributed by atoms with Crippen molar-refractivity contribution in [2.45, 2.75) is 6.92 Å². The minimum absolute atomic E-state index is 0.204. The molecule has 0 fully saturated rings. The Bertz CT molecular complexity index is 1290. The monoisotopic (exact) mass is 495 g/mol. The third-order valence-corrected chi connectivity index (χ3v) is 5.29. The molecule has 7 nitrogen and oxygen atoms in total. The van der Waals surface area contributed by atoms with Gasteiger partial charge in [-0.05, 0) is 79.3 Å². The van der Waals surface area contributed by atoms with E-state index in [1.807, 2.05) is 49.4 Å². The molecule has 9 heteroatoms. The van der Waals surface area contributed by atoms with E-state index < -0.39 is 0 Å². The Morgan fingerprint density at radius 1 is 1.06 bits per heavy atom. The number of hydrogen-bond acceptors (Lipinski definition) is 5. The summed E-state index contributed by atoms with van der Waals surface area (Å²) in [6, 6.07) is 18.3. The van der Waals surface area contributed by atoms with E-state index in [2.05, 4.69) is 36.8 Å². The van der Waals surface area contributed by atoms with Gasteiger partial charge >= 0.3 is 0 Å². The van der Waals surface area contributed by atoms with E-state index in [1.54, 1.807) is 30.1 Å². The molecule has 2 N–H and O–H groups in total. The third-order valence-electron chi connectivity index (χ3n) is 4.59. The van der Waals surface area contributed by atoms with Crippen LogP contribution in [0.2, 0.25) is 0 Å². The first-order valence-corrected chi connectivity index (χ1v) is 10.5. The fourth-order valence-corrected chi connectivity index (χ4v) is 3.59. The molecular formula is C22H18BrN5O2S. The maximum atomic E-state index is 12.4. The third kappa shape index (κ3) is 4.73. The van der Waals surface area contributed by atoms with E-state index in [9.17, 15) is 4.79 Å². The van der Waals surface area contributed by atoms with Crippen LogP contribution >= 0.6 is 28.1 Å². The largest absolute Gasteiger partial charge is 0.497 e. The molecule has 0 aliphatic heterocycles. The molecule has 31 heavy (non-hydrogen) atoms. The number of ether oxygens (including phenoxy) is 1. The smallest absolute Gasteiger partial charge is 0.257 e. The van der Waals surface area contributed by atoms with Gasteiger partial charge in [0, 0.05) is 15.7 Å². The number of carbonyl (C=O) groups is 1. The van der Waals surface area contributed by atoms with E-state index in [0.717, 1.165) is 32.7 Å². The van der Waals surface area contributed by atoms with Gasteiger partial charge < -0.3 is 10.1 Å². The molecule has 0 saturated carbocycles. The zero-order valence-corrected chi connectivity index (χ0v) is 19.1. The summed E-state index contributed by atoms with van der Waals surface area (Å²) in [6.07, 6.45) is 0. The topological polar surface area (TPSA) is 81.1 Å². The van der Waals surface area contributed by atoms with Crippen LogP contribution in [0.5, 0.6) is 5.75 Å². The van der Waals surface area contributed by atoms with Crippen molar-refractivity contribution in [3.05, 3.63) is 76.3 Å². The molecule has 0 aliphatic rings. The zero-order chi connectivity index (χ0) is 22.0. The summed E-state index contributed by atoms with van der Waals surface area (Å²) >= 11 is 8.68. The number of methoxy groups -OCH3 is 1. The number of fused-ring (bicyclic) bond motifs is 1. The summed E-state index contributed by atoms with van der Waals surface area (Å²) < 4.78 is 6.01. The van der Waals surface area contributed by atoms with Gasteiger partial charge in [-0.15, -0.1) is 10.2 Å². The lowest BCUT2D eigenvalue weighted by atomic mass is 10.2. The fraction of sp³-hybridized carbons (Fsp3) is 0.0909. The Kier molecular flexibility index (Phi) is 5.97. The molecule has 156 valence electrons. The number of carbonyl (C=O) groups excluding carboxylic acids is 1. The van der Waals surface area contributed by atoms with Gasteiger partial charge in [0.25, 0.3) is 5.91 Å². The van der Waals surface area contributed by atoms with E-state index >= 15 is 0 Å². The second-order valence-corrected chi connectivity index (χ2v) is 8.09. The minimum Gasteiger partial charge on any atom is -0.497 e. The average Bonchev–Trinajstić information content (AvgIpc) is 3.16. The Labute approximate surface area is 192 Å². The van der Waals surface area contributed by atoms with Crippen molar-refractivity contribution >= 4 is 55.9 Å². The molecule has 0 saturated heterocycles. The van der Waals surface area contributed by atoms with Gasteiger partial charge in [-0.25, -0.2) is 0 Å². The number of rotatable bonds is 4. The Morgan fingerprint density at radius 2 is 1.77 bits per heavy atom. The van der Waals surface area contributed by atoms with Gasteiger partial charge in [-0.3, -0.25) is 10.1 Å². The highest BCUT2D eigenvalue weighted by molar-refractivity contribution is 9.10. The lowest BCUT2D eigenvalue weighted by Crippen LogP contribution is -2.34. The number of anilines is 1. The molecular weight excluding hydrogens is 478 g/mol. The van der Waals surface area contributed by atoms with Gasteiger partial charge in [0.1, 0.15) is 16.8 Å². The van der Waals surface area contributed by atoms with Crippen molar-refractivity contribution in [3.63, 3.8) is 0 Å². The number of benzene rings is 3. The van der Waals surface area contributed by atoms with Crippen LogP contribution in [-0.2, 0) is 0 Å². The first-order chi connectivity index (χ1) is 14.9. The fourth-order valence-electron chi connectivity index (χ4n) is 2.99. The number of aromatic nitrogens is 3. The molecule has 0 spiro atoms. The predicted molar refractivity (Wildman–Crippen MR) is 128 cm³/mol. The maximum Gasteiger partial charge on any atom is 0.257 e. The van der Waals surface area contributed by atoms with Crippen LogP contribution in [0.1, 0.15) is 15.9 Å². The molecule has 0 aliphatic carbocycles. The number of amides is 1. The van der Waals surface area contributed by atoms with Crippen LogP contribution < -0.4 is 15.4 Å². The highest BCUT2D eigenvalue weighted by atomic mass is 79.9. The van der Waals surface area contributed by atoms with Gasteiger partial charge in [0.05, 0.1) is 12.8 Å². The maximum absolute atomic E-state index is 12.4. The number of hydrogen-bond donors (Lipinski definition) is 2. The molecule has 0 unspecified atom stereocenters. The van der Waals surface area contributed by atoms with Crippen LogP contribution in [0.4, 0.5) is 5.69 Å². The lowest BCUT2D eigenvalue weighted by Gasteiger charge is -2.11. The number of halogens is 1. The summed E-state index contributed by atoms with van der Waals surface area (Å²) in [5, 5.41) is 15.1. The highest BCUT2D eigenvalue weighted by Crippen LogP contribution is 2.23. The Hall–Kier alpha value is -3.30. The summed E-state index contributed by atoms with van der Waals surface area (Å²) in [6.45, 7) is 1.94. The zero-order valence-electron chi connectivity index (χ0n) is 16.7. The van der Waals surface area contributed by atoms with Crippen LogP contribution in [0.3, 0.4) is 0 Å². The second kappa shape index (κ2) is 8.83.